The molecule has 2 nitrogen and oxygen atoms in total. The van der Waals surface area contributed by atoms with Gasteiger partial charge in [-0.3, -0.25) is 0 Å². The van der Waals surface area contributed by atoms with Gasteiger partial charge in [-0.15, -0.1) is 0 Å². The van der Waals surface area contributed by atoms with Gasteiger partial charge in [-0.05, 0) is 38.0 Å². The predicted molar refractivity (Wildman–Crippen MR) is 57.5 cm³/mol. The lowest BCUT2D eigenvalue weighted by Gasteiger charge is -2.14. The van der Waals surface area contributed by atoms with Crippen molar-refractivity contribution >= 4 is 0 Å². The summed E-state index contributed by atoms with van der Waals surface area (Å²) >= 11 is 0. The molecule has 0 radical (unpaired) electrons. The fourth-order valence-electron chi connectivity index (χ4n) is 2.36. The minimum atomic E-state index is 0.348. The molecular formula is C12H17NO. The zero-order valence-corrected chi connectivity index (χ0v) is 8.70. The van der Waals surface area contributed by atoms with Crippen molar-refractivity contribution in [3.8, 4) is 5.75 Å². The molecule has 14 heavy (non-hydrogen) atoms. The Labute approximate surface area is 85.0 Å². The monoisotopic (exact) mass is 191 g/mol. The number of rotatable bonds is 1. The highest BCUT2D eigenvalue weighted by molar-refractivity contribution is 5.30. The van der Waals surface area contributed by atoms with Gasteiger partial charge in [0.2, 0.25) is 0 Å². The fraction of sp³-hybridized carbons (Fsp3) is 0.500. The average molecular weight is 191 g/mol. The van der Waals surface area contributed by atoms with Crippen LogP contribution in [0.5, 0.6) is 5.75 Å². The van der Waals surface area contributed by atoms with E-state index in [4.69, 9.17) is 0 Å². The molecule has 1 fully saturated rings. The third kappa shape index (κ3) is 1.75. The third-order valence-corrected chi connectivity index (χ3v) is 3.08. The minimum absolute atomic E-state index is 0.348. The van der Waals surface area contributed by atoms with E-state index in [1.54, 1.807) is 12.1 Å². The smallest absolute Gasteiger partial charge is 0.115 e. The number of benzene rings is 1. The second-order valence-electron chi connectivity index (χ2n) is 4.29. The Morgan fingerprint density at radius 3 is 2.36 bits per heavy atom. The summed E-state index contributed by atoms with van der Waals surface area (Å²) in [4.78, 5) is 0. The maximum absolute atomic E-state index is 9.20. The van der Waals surface area contributed by atoms with Crippen molar-refractivity contribution in [2.45, 2.75) is 38.3 Å². The van der Waals surface area contributed by atoms with Crippen LogP contribution in [0, 0.1) is 0 Å². The number of hydrogen-bond donors (Lipinski definition) is 2. The summed E-state index contributed by atoms with van der Waals surface area (Å²) < 4.78 is 0. The van der Waals surface area contributed by atoms with Crippen LogP contribution >= 0.6 is 0 Å². The summed E-state index contributed by atoms with van der Waals surface area (Å²) in [6.07, 6.45) is 1.19. The zero-order chi connectivity index (χ0) is 10.1. The van der Waals surface area contributed by atoms with Gasteiger partial charge in [0.15, 0.2) is 0 Å². The molecule has 0 saturated carbocycles. The van der Waals surface area contributed by atoms with E-state index in [0.717, 1.165) is 0 Å². The number of hydrogen-bond acceptors (Lipinski definition) is 2. The van der Waals surface area contributed by atoms with Gasteiger partial charge in [-0.1, -0.05) is 12.1 Å². The van der Waals surface area contributed by atoms with E-state index >= 15 is 0 Å². The van der Waals surface area contributed by atoms with Gasteiger partial charge >= 0.3 is 0 Å². The molecule has 1 aromatic carbocycles. The Morgan fingerprint density at radius 1 is 1.21 bits per heavy atom. The van der Waals surface area contributed by atoms with E-state index < -0.39 is 0 Å². The fourth-order valence-corrected chi connectivity index (χ4v) is 2.36. The Hall–Kier alpha value is -1.02. The quantitative estimate of drug-likeness (QED) is 0.713. The van der Waals surface area contributed by atoms with E-state index in [1.807, 2.05) is 12.1 Å². The highest BCUT2D eigenvalue weighted by Gasteiger charge is 2.28. The SMILES string of the molecule is CC1CC(c2ccc(O)cc2)C(C)N1. The first-order chi connectivity index (χ1) is 6.66. The molecule has 1 heterocycles. The first kappa shape index (κ1) is 9.53. The Kier molecular flexibility index (Phi) is 2.46. The second-order valence-corrected chi connectivity index (χ2v) is 4.29. The van der Waals surface area contributed by atoms with E-state index in [1.165, 1.54) is 12.0 Å². The molecule has 0 aromatic heterocycles. The number of phenolic OH excluding ortho intramolecular Hbond substituents is 1. The maximum atomic E-state index is 9.20. The summed E-state index contributed by atoms with van der Waals surface area (Å²) in [6.45, 7) is 4.44. The summed E-state index contributed by atoms with van der Waals surface area (Å²) in [7, 11) is 0. The van der Waals surface area contributed by atoms with Crippen LogP contribution in [0.2, 0.25) is 0 Å². The van der Waals surface area contributed by atoms with Crippen LogP contribution in [0.1, 0.15) is 31.7 Å². The molecule has 3 atom stereocenters. The van der Waals surface area contributed by atoms with E-state index in [-0.39, 0.29) is 0 Å². The van der Waals surface area contributed by atoms with Crippen LogP contribution in [-0.2, 0) is 0 Å². The average Bonchev–Trinajstić information content (AvgIpc) is 2.47. The molecule has 3 unspecified atom stereocenters. The van der Waals surface area contributed by atoms with Crippen LogP contribution in [0.15, 0.2) is 24.3 Å². The zero-order valence-electron chi connectivity index (χ0n) is 8.70. The second kappa shape index (κ2) is 3.62. The minimum Gasteiger partial charge on any atom is -0.508 e. The number of aromatic hydroxyl groups is 1. The molecule has 0 amide bonds. The molecule has 0 spiro atoms. The highest BCUT2D eigenvalue weighted by Crippen LogP contribution is 2.31. The lowest BCUT2D eigenvalue weighted by atomic mass is 9.92. The van der Waals surface area contributed by atoms with Crippen molar-refractivity contribution in [3.63, 3.8) is 0 Å². The van der Waals surface area contributed by atoms with Crippen molar-refractivity contribution in [3.05, 3.63) is 29.8 Å². The first-order valence-electron chi connectivity index (χ1n) is 5.22. The van der Waals surface area contributed by atoms with Crippen molar-refractivity contribution in [2.75, 3.05) is 0 Å². The molecular weight excluding hydrogens is 174 g/mol. The molecule has 1 aliphatic heterocycles. The Bertz CT molecular complexity index is 307. The first-order valence-corrected chi connectivity index (χ1v) is 5.22. The van der Waals surface area contributed by atoms with Gasteiger partial charge in [0.25, 0.3) is 0 Å². The van der Waals surface area contributed by atoms with Gasteiger partial charge in [-0.2, -0.15) is 0 Å². The molecule has 2 N–H and O–H groups in total. The molecule has 0 aliphatic carbocycles. The van der Waals surface area contributed by atoms with Gasteiger partial charge < -0.3 is 10.4 Å². The summed E-state index contributed by atoms with van der Waals surface area (Å²) in [5.74, 6) is 0.936. The molecule has 2 heteroatoms. The molecule has 0 bridgehead atoms. The van der Waals surface area contributed by atoms with Crippen molar-refractivity contribution in [1.29, 1.82) is 0 Å². The van der Waals surface area contributed by atoms with Crippen molar-refractivity contribution in [1.82, 2.24) is 5.32 Å². The third-order valence-electron chi connectivity index (χ3n) is 3.08. The van der Waals surface area contributed by atoms with Crippen LogP contribution in [0.4, 0.5) is 0 Å². The predicted octanol–water partition coefficient (Wildman–Crippen LogP) is 2.25. The van der Waals surface area contributed by atoms with Crippen LogP contribution in [0.3, 0.4) is 0 Å². The topological polar surface area (TPSA) is 32.3 Å². The van der Waals surface area contributed by atoms with Crippen molar-refractivity contribution in [2.24, 2.45) is 0 Å². The van der Waals surface area contributed by atoms with E-state index in [9.17, 15) is 5.11 Å². The number of nitrogens with one attached hydrogen (secondary N) is 1. The Balaban J connectivity index is 2.19. The molecule has 76 valence electrons. The lowest BCUT2D eigenvalue weighted by Crippen LogP contribution is -2.26. The van der Waals surface area contributed by atoms with E-state index in [0.29, 0.717) is 23.8 Å². The summed E-state index contributed by atoms with van der Waals surface area (Å²) in [5.41, 5.74) is 1.33. The van der Waals surface area contributed by atoms with Crippen LogP contribution < -0.4 is 5.32 Å². The van der Waals surface area contributed by atoms with Crippen LogP contribution in [0.25, 0.3) is 0 Å². The molecule has 1 aromatic rings. The molecule has 1 saturated heterocycles. The largest absolute Gasteiger partial charge is 0.508 e. The molecule has 2 rings (SSSR count). The van der Waals surface area contributed by atoms with E-state index in [2.05, 4.69) is 19.2 Å². The van der Waals surface area contributed by atoms with Gasteiger partial charge in [-0.25, -0.2) is 0 Å². The standard InChI is InChI=1S/C12H17NO/c1-8-7-12(9(2)13-8)10-3-5-11(14)6-4-10/h3-6,8-9,12-14H,7H2,1-2H3. The van der Waals surface area contributed by atoms with Crippen LogP contribution in [-0.4, -0.2) is 17.2 Å². The maximum Gasteiger partial charge on any atom is 0.115 e. The molecule has 1 aliphatic rings. The van der Waals surface area contributed by atoms with Gasteiger partial charge in [0.1, 0.15) is 5.75 Å². The summed E-state index contributed by atoms with van der Waals surface area (Å²) in [6, 6.07) is 8.72. The highest BCUT2D eigenvalue weighted by atomic mass is 16.3. The van der Waals surface area contributed by atoms with Gasteiger partial charge in [0.05, 0.1) is 0 Å². The number of phenols is 1. The Morgan fingerprint density at radius 2 is 1.86 bits per heavy atom. The lowest BCUT2D eigenvalue weighted by molar-refractivity contribution is 0.474. The summed E-state index contributed by atoms with van der Waals surface area (Å²) in [5, 5.41) is 12.7. The van der Waals surface area contributed by atoms with Crippen molar-refractivity contribution < 1.29 is 5.11 Å². The van der Waals surface area contributed by atoms with Gasteiger partial charge in [0, 0.05) is 18.0 Å². The normalized spacial score (nSPS) is 32.0.